The fourth-order valence-electron chi connectivity index (χ4n) is 4.10. The molecule has 1 aliphatic heterocycles. The molecule has 8 nitrogen and oxygen atoms in total. The van der Waals surface area contributed by atoms with E-state index in [4.69, 9.17) is 4.74 Å². The number of imide groups is 1. The number of hydrogen-bond donors (Lipinski definition) is 3. The number of amides is 4. The van der Waals surface area contributed by atoms with Crippen LogP contribution in [-0.4, -0.2) is 54.1 Å². The first-order valence-corrected chi connectivity index (χ1v) is 11.4. The van der Waals surface area contributed by atoms with Gasteiger partial charge in [-0.1, -0.05) is 37.8 Å². The highest BCUT2D eigenvalue weighted by Crippen LogP contribution is 2.24. The lowest BCUT2D eigenvalue weighted by Crippen LogP contribution is -2.50. The number of ether oxygens (including phenoxy) is 1. The van der Waals surface area contributed by atoms with Gasteiger partial charge in [-0.2, -0.15) is 0 Å². The number of methoxy groups -OCH3 is 1. The number of rotatable bonds is 7. The van der Waals surface area contributed by atoms with E-state index < -0.39 is 42.2 Å². The smallest absolute Gasteiger partial charge is 0.325 e. The molecule has 0 aromatic heterocycles. The Kier molecular flexibility index (Phi) is 8.46. The van der Waals surface area contributed by atoms with Crippen molar-refractivity contribution < 1.29 is 28.6 Å². The van der Waals surface area contributed by atoms with E-state index in [1.165, 1.54) is 25.3 Å². The molecular weight excluding hydrogens is 453 g/mol. The van der Waals surface area contributed by atoms with Crippen LogP contribution < -0.4 is 15.4 Å². The first-order valence-electron chi connectivity index (χ1n) is 11.4. The number of nitrogens with one attached hydrogen (secondary N) is 2. The number of carbonyl (C=O) groups is 3. The Labute approximate surface area is 203 Å². The molecule has 0 radical (unpaired) electrons. The van der Waals surface area contributed by atoms with Gasteiger partial charge in [-0.3, -0.25) is 14.5 Å². The molecule has 1 saturated heterocycles. The number of nitrogens with zero attached hydrogens (tertiary/aromatic N) is 1. The fraction of sp³-hybridized carbons (Fsp3) is 0.346. The maximum absolute atomic E-state index is 13.8. The van der Waals surface area contributed by atoms with E-state index in [0.717, 1.165) is 10.5 Å². The van der Waals surface area contributed by atoms with Crippen molar-refractivity contribution in [3.05, 3.63) is 77.4 Å². The summed E-state index contributed by atoms with van der Waals surface area (Å²) in [6, 6.07) is 2.94. The van der Waals surface area contributed by atoms with E-state index in [2.05, 4.69) is 17.2 Å². The molecule has 186 valence electrons. The van der Waals surface area contributed by atoms with Gasteiger partial charge in [-0.25, -0.2) is 9.18 Å². The van der Waals surface area contributed by atoms with Gasteiger partial charge in [0.2, 0.25) is 11.8 Å². The molecular formula is C26H30FN3O5. The third-order valence-corrected chi connectivity index (χ3v) is 6.03. The van der Waals surface area contributed by atoms with E-state index in [9.17, 15) is 23.9 Å². The molecule has 3 rings (SSSR count). The minimum Gasteiger partial charge on any atom is -0.508 e. The summed E-state index contributed by atoms with van der Waals surface area (Å²) in [5, 5.41) is 15.2. The van der Waals surface area contributed by atoms with E-state index in [1.54, 1.807) is 18.2 Å². The van der Waals surface area contributed by atoms with Crippen LogP contribution in [0.1, 0.15) is 25.3 Å². The van der Waals surface area contributed by atoms with Crippen molar-refractivity contribution in [3.63, 3.8) is 0 Å². The number of hydrogen-bond acceptors (Lipinski definition) is 5. The van der Waals surface area contributed by atoms with Crippen LogP contribution in [0.2, 0.25) is 0 Å². The quantitative estimate of drug-likeness (QED) is 0.516. The molecule has 4 amide bonds. The van der Waals surface area contributed by atoms with Crippen molar-refractivity contribution in [1.29, 1.82) is 0 Å². The third-order valence-electron chi connectivity index (χ3n) is 6.03. The Balaban J connectivity index is 1.79. The number of aliphatic hydroxyl groups excluding tert-OH is 1. The van der Waals surface area contributed by atoms with Crippen molar-refractivity contribution in [2.75, 3.05) is 20.2 Å². The van der Waals surface area contributed by atoms with Gasteiger partial charge < -0.3 is 20.5 Å². The summed E-state index contributed by atoms with van der Waals surface area (Å²) < 4.78 is 19.1. The molecule has 1 heterocycles. The summed E-state index contributed by atoms with van der Waals surface area (Å²) in [6.07, 6.45) is 8.29. The van der Waals surface area contributed by atoms with Crippen molar-refractivity contribution in [3.8, 4) is 5.75 Å². The zero-order chi connectivity index (χ0) is 25.5. The van der Waals surface area contributed by atoms with Crippen LogP contribution in [0.25, 0.3) is 0 Å². The number of urea groups is 1. The molecule has 0 bridgehead atoms. The van der Waals surface area contributed by atoms with Gasteiger partial charge in [-0.15, -0.1) is 0 Å². The molecule has 9 heteroatoms. The zero-order valence-electron chi connectivity index (χ0n) is 19.8. The minimum atomic E-state index is -0.774. The SMILES string of the molecule is C=C(O)C1=CC=C(C(CC)NC(=O)N2CC(=O)NC[C@@H](Cc3cc(F)ccc3OC)C2=O)CC=C1. The zero-order valence-corrected chi connectivity index (χ0v) is 19.8. The highest BCUT2D eigenvalue weighted by molar-refractivity contribution is 6.00. The predicted molar refractivity (Wildman–Crippen MR) is 129 cm³/mol. The Morgan fingerprint density at radius 2 is 2.14 bits per heavy atom. The van der Waals surface area contributed by atoms with Crippen molar-refractivity contribution in [2.45, 2.75) is 32.2 Å². The maximum Gasteiger partial charge on any atom is 0.325 e. The molecule has 0 spiro atoms. The van der Waals surface area contributed by atoms with E-state index in [-0.39, 0.29) is 18.7 Å². The lowest BCUT2D eigenvalue weighted by Gasteiger charge is -2.26. The molecule has 1 fully saturated rings. The van der Waals surface area contributed by atoms with Crippen molar-refractivity contribution in [1.82, 2.24) is 15.5 Å². The highest BCUT2D eigenvalue weighted by Gasteiger charge is 2.35. The number of carbonyl (C=O) groups excluding carboxylic acids is 3. The average molecular weight is 484 g/mol. The molecule has 1 unspecified atom stereocenters. The summed E-state index contributed by atoms with van der Waals surface area (Å²) in [4.78, 5) is 39.7. The van der Waals surface area contributed by atoms with Crippen molar-refractivity contribution in [2.24, 2.45) is 5.92 Å². The number of benzene rings is 1. The number of halogens is 1. The van der Waals surface area contributed by atoms with Gasteiger partial charge in [0.25, 0.3) is 0 Å². The van der Waals surface area contributed by atoms with Crippen LogP contribution in [0.5, 0.6) is 5.75 Å². The van der Waals surface area contributed by atoms with Gasteiger partial charge in [0, 0.05) is 12.1 Å². The van der Waals surface area contributed by atoms with Gasteiger partial charge in [-0.05, 0) is 48.6 Å². The van der Waals surface area contributed by atoms with Crippen LogP contribution >= 0.6 is 0 Å². The number of aliphatic hydroxyl groups is 1. The maximum atomic E-state index is 13.8. The Bertz CT molecular complexity index is 1110. The molecule has 2 aliphatic rings. The van der Waals surface area contributed by atoms with Gasteiger partial charge in [0.1, 0.15) is 23.9 Å². The molecule has 2 atom stereocenters. The van der Waals surface area contributed by atoms with Crippen LogP contribution in [-0.2, 0) is 16.0 Å². The second-order valence-electron chi connectivity index (χ2n) is 8.41. The standard InChI is InChI=1S/C26H30FN3O5/c1-4-22(18-7-5-6-17(8-9-18)16(2)31)29-26(34)30-15-24(32)28-14-20(25(30)33)12-19-13-21(27)10-11-23(19)35-3/h5-6,8-11,13,20,22,31H,2,4,7,12,14-15H2,1,3H3,(H,28,32)(H,29,34)/t20-,22?/m1/s1. The summed E-state index contributed by atoms with van der Waals surface area (Å²) in [5.41, 5.74) is 1.91. The average Bonchev–Trinajstić information content (AvgIpc) is 3.16. The molecule has 1 aromatic rings. The topological polar surface area (TPSA) is 108 Å². The van der Waals surface area contributed by atoms with Crippen LogP contribution in [0.4, 0.5) is 9.18 Å². The van der Waals surface area contributed by atoms with E-state index in [0.29, 0.717) is 29.7 Å². The molecule has 1 aromatic carbocycles. The van der Waals surface area contributed by atoms with E-state index in [1.807, 2.05) is 13.0 Å². The summed E-state index contributed by atoms with van der Waals surface area (Å²) in [7, 11) is 1.45. The van der Waals surface area contributed by atoms with Crippen molar-refractivity contribution >= 4 is 17.8 Å². The number of allylic oxidation sites excluding steroid dienone is 4. The Hall–Kier alpha value is -3.88. The van der Waals surface area contributed by atoms with Gasteiger partial charge >= 0.3 is 6.03 Å². The second-order valence-corrected chi connectivity index (χ2v) is 8.41. The first-order chi connectivity index (χ1) is 16.7. The van der Waals surface area contributed by atoms with Gasteiger partial charge in [0.05, 0.1) is 19.1 Å². The largest absolute Gasteiger partial charge is 0.508 e. The molecule has 0 saturated carbocycles. The molecule has 1 aliphatic carbocycles. The second kappa shape index (κ2) is 11.5. The van der Waals surface area contributed by atoms with Crippen LogP contribution in [0.3, 0.4) is 0 Å². The first kappa shape index (κ1) is 25.7. The van der Waals surface area contributed by atoms with Crippen LogP contribution in [0.15, 0.2) is 66.0 Å². The third kappa shape index (κ3) is 6.38. The summed E-state index contributed by atoms with van der Waals surface area (Å²) >= 11 is 0. The monoisotopic (exact) mass is 483 g/mol. The molecule has 3 N–H and O–H groups in total. The van der Waals surface area contributed by atoms with Gasteiger partial charge in [0.15, 0.2) is 0 Å². The van der Waals surface area contributed by atoms with E-state index >= 15 is 0 Å². The normalized spacial score (nSPS) is 19.1. The minimum absolute atomic E-state index is 0.0207. The Morgan fingerprint density at radius 3 is 2.83 bits per heavy atom. The Morgan fingerprint density at radius 1 is 1.37 bits per heavy atom. The highest BCUT2D eigenvalue weighted by atomic mass is 19.1. The fourth-order valence-corrected chi connectivity index (χ4v) is 4.10. The molecule has 35 heavy (non-hydrogen) atoms. The summed E-state index contributed by atoms with van der Waals surface area (Å²) in [5.74, 6) is -1.87. The predicted octanol–water partition coefficient (Wildman–Crippen LogP) is 3.32. The lowest BCUT2D eigenvalue weighted by molar-refractivity contribution is -0.133. The lowest BCUT2D eigenvalue weighted by atomic mass is 9.97. The van der Waals surface area contributed by atoms with Crippen LogP contribution in [0, 0.1) is 11.7 Å². The summed E-state index contributed by atoms with van der Waals surface area (Å²) in [6.45, 7) is 5.03.